The number of nitrogens with one attached hydrogen (secondary N) is 1. The molecule has 1 saturated heterocycles. The largest absolute Gasteiger partial charge is 0.341 e. The Kier molecular flexibility index (Phi) is 5.30. The second kappa shape index (κ2) is 8.27. The number of aryl methyl sites for hydroxylation is 1. The quantitative estimate of drug-likeness (QED) is 0.504. The van der Waals surface area contributed by atoms with E-state index in [1.54, 1.807) is 41.1 Å². The Morgan fingerprint density at radius 1 is 1.19 bits per heavy atom. The molecule has 0 aliphatic carbocycles. The van der Waals surface area contributed by atoms with E-state index >= 15 is 0 Å². The number of anilines is 3. The number of hydrogen-bond acceptors (Lipinski definition) is 6. The summed E-state index contributed by atoms with van der Waals surface area (Å²) < 4.78 is 3.36. The van der Waals surface area contributed by atoms with Crippen LogP contribution in [-0.2, 0) is 7.05 Å². The fourth-order valence-corrected chi connectivity index (χ4v) is 4.21. The van der Waals surface area contributed by atoms with Crippen molar-refractivity contribution in [2.75, 3.05) is 23.3 Å². The van der Waals surface area contributed by atoms with Crippen molar-refractivity contribution < 1.29 is 0 Å². The minimum Gasteiger partial charge on any atom is -0.341 e. The van der Waals surface area contributed by atoms with Gasteiger partial charge in [0.1, 0.15) is 10.7 Å². The van der Waals surface area contributed by atoms with Crippen molar-refractivity contribution in [2.24, 2.45) is 13.0 Å². The maximum Gasteiger partial charge on any atom is 0.275 e. The van der Waals surface area contributed by atoms with Crippen LogP contribution in [0, 0.1) is 5.92 Å². The van der Waals surface area contributed by atoms with E-state index in [9.17, 15) is 4.79 Å². The first-order chi connectivity index (χ1) is 15.5. The molecule has 8 nitrogen and oxygen atoms in total. The van der Waals surface area contributed by atoms with Gasteiger partial charge in [0.15, 0.2) is 5.82 Å². The number of hydrogen-bond donors (Lipinski definition) is 1. The fourth-order valence-electron chi connectivity index (χ4n) is 4.07. The van der Waals surface area contributed by atoms with Gasteiger partial charge in [0, 0.05) is 43.6 Å². The van der Waals surface area contributed by atoms with E-state index in [0.717, 1.165) is 48.4 Å². The van der Waals surface area contributed by atoms with Gasteiger partial charge in [-0.05, 0) is 43.0 Å². The van der Waals surface area contributed by atoms with Gasteiger partial charge in [0.25, 0.3) is 5.56 Å². The van der Waals surface area contributed by atoms with E-state index in [1.807, 2.05) is 24.3 Å². The van der Waals surface area contributed by atoms with Gasteiger partial charge in [-0.15, -0.1) is 0 Å². The van der Waals surface area contributed by atoms with Crippen molar-refractivity contribution in [1.82, 2.24) is 24.1 Å². The average Bonchev–Trinajstić information content (AvgIpc) is 3.33. The molecule has 1 aliphatic heterocycles. The molecule has 4 heterocycles. The van der Waals surface area contributed by atoms with Crippen molar-refractivity contribution in [3.05, 3.63) is 64.6 Å². The molecule has 1 fully saturated rings. The summed E-state index contributed by atoms with van der Waals surface area (Å²) >= 11 is 6.40. The van der Waals surface area contributed by atoms with E-state index in [-0.39, 0.29) is 5.56 Å². The molecule has 0 spiro atoms. The van der Waals surface area contributed by atoms with Crippen LogP contribution < -0.4 is 15.8 Å². The minimum absolute atomic E-state index is 0.0875. The fraction of sp³-hybridized carbons (Fsp3) is 0.304. The highest BCUT2D eigenvalue weighted by molar-refractivity contribution is 6.32. The van der Waals surface area contributed by atoms with Gasteiger partial charge in [-0.3, -0.25) is 4.79 Å². The zero-order chi connectivity index (χ0) is 22.2. The highest BCUT2D eigenvalue weighted by Gasteiger charge is 2.19. The average molecular weight is 450 g/mol. The van der Waals surface area contributed by atoms with Gasteiger partial charge in [0.2, 0.25) is 5.95 Å². The van der Waals surface area contributed by atoms with Crippen LogP contribution in [0.15, 0.2) is 54.0 Å². The van der Waals surface area contributed by atoms with Gasteiger partial charge in [-0.2, -0.15) is 4.98 Å². The highest BCUT2D eigenvalue weighted by Crippen LogP contribution is 2.28. The molecule has 5 rings (SSSR count). The molecule has 0 radical (unpaired) electrons. The summed E-state index contributed by atoms with van der Waals surface area (Å²) in [7, 11) is 1.77. The zero-order valence-corrected chi connectivity index (χ0v) is 18.8. The van der Waals surface area contributed by atoms with Crippen molar-refractivity contribution >= 4 is 40.0 Å². The first-order valence-electron chi connectivity index (χ1n) is 10.7. The van der Waals surface area contributed by atoms with E-state index in [0.29, 0.717) is 22.5 Å². The summed E-state index contributed by atoms with van der Waals surface area (Å²) in [4.78, 5) is 28.2. The van der Waals surface area contributed by atoms with Crippen molar-refractivity contribution in [3.8, 4) is 5.69 Å². The monoisotopic (exact) mass is 449 g/mol. The number of imidazole rings is 1. The van der Waals surface area contributed by atoms with Gasteiger partial charge < -0.3 is 19.4 Å². The summed E-state index contributed by atoms with van der Waals surface area (Å²) in [6, 6.07) is 7.68. The Morgan fingerprint density at radius 2 is 2.00 bits per heavy atom. The lowest BCUT2D eigenvalue weighted by Crippen LogP contribution is -2.34. The number of halogens is 1. The molecule has 0 unspecified atom stereocenters. The van der Waals surface area contributed by atoms with Crippen LogP contribution in [0.5, 0.6) is 0 Å². The molecule has 4 aromatic rings. The lowest BCUT2D eigenvalue weighted by Gasteiger charge is -2.30. The lowest BCUT2D eigenvalue weighted by atomic mass is 10.00. The van der Waals surface area contributed by atoms with Gasteiger partial charge >= 0.3 is 0 Å². The summed E-state index contributed by atoms with van der Waals surface area (Å²) in [5.41, 5.74) is 2.11. The smallest absolute Gasteiger partial charge is 0.275 e. The molecule has 0 atom stereocenters. The number of benzene rings is 1. The molecular formula is C23H24ClN7O. The number of aromatic nitrogens is 5. The third-order valence-corrected chi connectivity index (χ3v) is 6.32. The van der Waals surface area contributed by atoms with Crippen molar-refractivity contribution in [1.29, 1.82) is 0 Å². The molecule has 3 aromatic heterocycles. The van der Waals surface area contributed by atoms with Crippen LogP contribution in [0.1, 0.15) is 19.8 Å². The van der Waals surface area contributed by atoms with E-state index < -0.39 is 0 Å². The highest BCUT2D eigenvalue weighted by atomic mass is 35.5. The lowest BCUT2D eigenvalue weighted by molar-refractivity contribution is 0.434. The van der Waals surface area contributed by atoms with Crippen LogP contribution in [0.3, 0.4) is 0 Å². The third-order valence-electron chi connectivity index (χ3n) is 6.05. The third kappa shape index (κ3) is 3.82. The van der Waals surface area contributed by atoms with Gasteiger partial charge in [-0.1, -0.05) is 18.5 Å². The Labute approximate surface area is 190 Å². The zero-order valence-electron chi connectivity index (χ0n) is 18.0. The summed E-state index contributed by atoms with van der Waals surface area (Å²) in [5.74, 6) is 1.99. The second-order valence-corrected chi connectivity index (χ2v) is 8.71. The Balaban J connectivity index is 1.48. The molecule has 0 saturated carbocycles. The number of pyridine rings is 1. The summed E-state index contributed by atoms with van der Waals surface area (Å²) in [6.07, 6.45) is 8.95. The molecule has 9 heteroatoms. The maximum absolute atomic E-state index is 12.8. The van der Waals surface area contributed by atoms with Crippen LogP contribution in [0.4, 0.5) is 17.5 Å². The van der Waals surface area contributed by atoms with E-state index in [1.165, 1.54) is 0 Å². The molecule has 1 aromatic carbocycles. The summed E-state index contributed by atoms with van der Waals surface area (Å²) in [6.45, 7) is 4.17. The predicted molar refractivity (Wildman–Crippen MR) is 127 cm³/mol. The molecule has 32 heavy (non-hydrogen) atoms. The van der Waals surface area contributed by atoms with E-state index in [4.69, 9.17) is 16.6 Å². The summed E-state index contributed by atoms with van der Waals surface area (Å²) in [5, 5.41) is 4.70. The first-order valence-corrected chi connectivity index (χ1v) is 11.0. The van der Waals surface area contributed by atoms with Crippen LogP contribution in [-0.4, -0.2) is 37.2 Å². The molecule has 1 N–H and O–H groups in total. The standard InChI is InChI=1S/C23H24ClN7O/c1-15-5-8-30(9-6-15)23-26-13-18(24)21(28-23)27-17-3-4-19-16(11-17)12-20(22(32)29(19)2)31-10-7-25-14-31/h3-4,7,10-15H,5-6,8-9H2,1-2H3,(H,26,27,28). The molecular weight excluding hydrogens is 426 g/mol. The Hall–Kier alpha value is -3.39. The molecule has 0 amide bonds. The van der Waals surface area contributed by atoms with Crippen LogP contribution >= 0.6 is 11.6 Å². The molecule has 1 aliphatic rings. The van der Waals surface area contributed by atoms with Crippen molar-refractivity contribution in [3.63, 3.8) is 0 Å². The second-order valence-electron chi connectivity index (χ2n) is 8.30. The Bertz CT molecular complexity index is 1320. The SMILES string of the molecule is CC1CCN(c2ncc(Cl)c(Nc3ccc4c(c3)cc(-n3ccnc3)c(=O)n4C)n2)CC1. The van der Waals surface area contributed by atoms with Gasteiger partial charge in [0.05, 0.1) is 18.0 Å². The minimum atomic E-state index is -0.0875. The van der Waals surface area contributed by atoms with Gasteiger partial charge in [-0.25, -0.2) is 9.97 Å². The Morgan fingerprint density at radius 3 is 2.75 bits per heavy atom. The van der Waals surface area contributed by atoms with Crippen LogP contribution in [0.25, 0.3) is 16.6 Å². The normalized spacial score (nSPS) is 14.8. The van der Waals surface area contributed by atoms with E-state index in [2.05, 4.69) is 27.1 Å². The number of nitrogens with zero attached hydrogens (tertiary/aromatic N) is 6. The first kappa shape index (κ1) is 20.5. The predicted octanol–water partition coefficient (Wildman–Crippen LogP) is 4.15. The van der Waals surface area contributed by atoms with Crippen LogP contribution in [0.2, 0.25) is 5.02 Å². The number of piperidine rings is 1. The number of fused-ring (bicyclic) bond motifs is 1. The number of rotatable bonds is 4. The topological polar surface area (TPSA) is 80.9 Å². The molecule has 164 valence electrons. The maximum atomic E-state index is 12.8. The van der Waals surface area contributed by atoms with Crippen molar-refractivity contribution in [2.45, 2.75) is 19.8 Å². The molecule has 0 bridgehead atoms.